The average molecular weight is 465 g/mol. The molecule has 182 valence electrons. The number of amides is 3. The number of benzene rings is 2. The van der Waals surface area contributed by atoms with Gasteiger partial charge in [0.1, 0.15) is 0 Å². The molecule has 0 atom stereocenters. The first-order valence-corrected chi connectivity index (χ1v) is 12.4. The maximum Gasteiger partial charge on any atom is 0.251 e. The van der Waals surface area contributed by atoms with Gasteiger partial charge in [0.2, 0.25) is 11.8 Å². The lowest BCUT2D eigenvalue weighted by Crippen LogP contribution is -2.36. The molecule has 0 saturated heterocycles. The molecule has 7 heteroatoms. The van der Waals surface area contributed by atoms with Crippen molar-refractivity contribution in [2.75, 3.05) is 22.5 Å². The summed E-state index contributed by atoms with van der Waals surface area (Å²) in [6.45, 7) is 2.19. The van der Waals surface area contributed by atoms with Gasteiger partial charge in [0.15, 0.2) is 0 Å². The molecular formula is C27H36N4O3. The van der Waals surface area contributed by atoms with Gasteiger partial charge in [0, 0.05) is 35.1 Å². The van der Waals surface area contributed by atoms with Crippen LogP contribution in [0.3, 0.4) is 0 Å². The van der Waals surface area contributed by atoms with Crippen molar-refractivity contribution in [1.29, 1.82) is 0 Å². The summed E-state index contributed by atoms with van der Waals surface area (Å²) in [6.07, 6.45) is 9.18. The molecule has 1 saturated carbocycles. The average Bonchev–Trinajstić information content (AvgIpc) is 2.84. The summed E-state index contributed by atoms with van der Waals surface area (Å²) in [5, 5.41) is 11.9. The Morgan fingerprint density at radius 2 is 1.53 bits per heavy atom. The maximum absolute atomic E-state index is 12.4. The van der Waals surface area contributed by atoms with Crippen LogP contribution in [0.5, 0.6) is 0 Å². The molecule has 2 aromatic carbocycles. The van der Waals surface area contributed by atoms with Crippen LogP contribution in [0.2, 0.25) is 0 Å². The van der Waals surface area contributed by atoms with Gasteiger partial charge in [-0.15, -0.1) is 0 Å². The van der Waals surface area contributed by atoms with Crippen LogP contribution in [0.25, 0.3) is 0 Å². The molecule has 7 nitrogen and oxygen atoms in total. The van der Waals surface area contributed by atoms with E-state index in [-0.39, 0.29) is 30.3 Å². The zero-order chi connectivity index (χ0) is 24.2. The fraction of sp³-hybridized carbons (Fsp3) is 0.444. The SMILES string of the molecule is CCCCCC(=O)Nc1cccc(NCC(=O)Nc2ccc(C(=O)NC3CCCCC3)cc2)c1. The normalized spacial score (nSPS) is 13.7. The van der Waals surface area contributed by atoms with Crippen LogP contribution in [0, 0.1) is 0 Å². The van der Waals surface area contributed by atoms with Crippen molar-refractivity contribution in [3.05, 3.63) is 54.1 Å². The third kappa shape index (κ3) is 8.54. The highest BCUT2D eigenvalue weighted by atomic mass is 16.2. The van der Waals surface area contributed by atoms with E-state index in [1.807, 2.05) is 24.3 Å². The standard InChI is InChI=1S/C27H36N4O3/c1-2-3-5-13-25(32)30-24-12-8-11-23(18-24)28-19-26(33)29-22-16-14-20(15-17-22)27(34)31-21-9-6-4-7-10-21/h8,11-12,14-18,21,28H,2-7,9-10,13,19H2,1H3,(H,29,33)(H,30,32)(H,31,34). The molecule has 0 bridgehead atoms. The summed E-state index contributed by atoms with van der Waals surface area (Å²) in [7, 11) is 0. The van der Waals surface area contributed by atoms with E-state index in [9.17, 15) is 14.4 Å². The van der Waals surface area contributed by atoms with E-state index in [4.69, 9.17) is 0 Å². The Balaban J connectivity index is 1.43. The van der Waals surface area contributed by atoms with E-state index < -0.39 is 0 Å². The number of carbonyl (C=O) groups excluding carboxylic acids is 3. The van der Waals surface area contributed by atoms with Crippen molar-refractivity contribution in [2.24, 2.45) is 0 Å². The van der Waals surface area contributed by atoms with Gasteiger partial charge < -0.3 is 21.3 Å². The topological polar surface area (TPSA) is 99.3 Å². The number of unbranched alkanes of at least 4 members (excludes halogenated alkanes) is 2. The Morgan fingerprint density at radius 1 is 0.824 bits per heavy atom. The quantitative estimate of drug-likeness (QED) is 0.338. The van der Waals surface area contributed by atoms with Gasteiger partial charge in [-0.05, 0) is 61.7 Å². The molecule has 0 aliphatic heterocycles. The first-order valence-electron chi connectivity index (χ1n) is 12.4. The van der Waals surface area contributed by atoms with Crippen LogP contribution >= 0.6 is 0 Å². The number of nitrogens with one attached hydrogen (secondary N) is 4. The summed E-state index contributed by atoms with van der Waals surface area (Å²) in [5.41, 5.74) is 2.68. The fourth-order valence-electron chi connectivity index (χ4n) is 4.07. The Labute approximate surface area is 202 Å². The third-order valence-corrected chi connectivity index (χ3v) is 5.98. The molecule has 4 N–H and O–H groups in total. The second-order valence-electron chi connectivity index (χ2n) is 8.87. The third-order valence-electron chi connectivity index (χ3n) is 5.98. The molecular weight excluding hydrogens is 428 g/mol. The first kappa shape index (κ1) is 25.3. The molecule has 34 heavy (non-hydrogen) atoms. The molecule has 3 rings (SSSR count). The molecule has 0 heterocycles. The Morgan fingerprint density at radius 3 is 2.26 bits per heavy atom. The molecule has 2 aromatic rings. The number of carbonyl (C=O) groups is 3. The van der Waals surface area contributed by atoms with Gasteiger partial charge in [0.25, 0.3) is 5.91 Å². The summed E-state index contributed by atoms with van der Waals surface area (Å²) >= 11 is 0. The minimum absolute atomic E-state index is 0.000729. The zero-order valence-electron chi connectivity index (χ0n) is 20.0. The van der Waals surface area contributed by atoms with Crippen molar-refractivity contribution in [3.63, 3.8) is 0 Å². The first-order chi connectivity index (χ1) is 16.5. The van der Waals surface area contributed by atoms with Crippen LogP contribution in [0.4, 0.5) is 17.1 Å². The van der Waals surface area contributed by atoms with E-state index in [0.717, 1.165) is 37.8 Å². The number of rotatable bonds is 11. The highest BCUT2D eigenvalue weighted by molar-refractivity contribution is 5.97. The van der Waals surface area contributed by atoms with E-state index in [1.165, 1.54) is 19.3 Å². The van der Waals surface area contributed by atoms with Crippen LogP contribution in [0.15, 0.2) is 48.5 Å². The second-order valence-corrected chi connectivity index (χ2v) is 8.87. The monoisotopic (exact) mass is 464 g/mol. The number of hydrogen-bond donors (Lipinski definition) is 4. The lowest BCUT2D eigenvalue weighted by Gasteiger charge is -2.22. The van der Waals surface area contributed by atoms with Crippen LogP contribution in [-0.4, -0.2) is 30.3 Å². The van der Waals surface area contributed by atoms with E-state index in [1.54, 1.807) is 24.3 Å². The molecule has 0 radical (unpaired) electrons. The predicted octanol–water partition coefficient (Wildman–Crippen LogP) is 5.32. The Hall–Kier alpha value is -3.35. The van der Waals surface area contributed by atoms with Gasteiger partial charge in [-0.3, -0.25) is 14.4 Å². The van der Waals surface area contributed by atoms with Gasteiger partial charge in [-0.1, -0.05) is 45.1 Å². The van der Waals surface area contributed by atoms with Gasteiger partial charge >= 0.3 is 0 Å². The van der Waals surface area contributed by atoms with Crippen LogP contribution in [-0.2, 0) is 9.59 Å². The summed E-state index contributed by atoms with van der Waals surface area (Å²) in [5.74, 6) is -0.267. The van der Waals surface area contributed by atoms with Crippen LogP contribution in [0.1, 0.15) is 75.1 Å². The molecule has 0 spiro atoms. The lowest BCUT2D eigenvalue weighted by atomic mass is 9.95. The van der Waals surface area contributed by atoms with Crippen molar-refractivity contribution < 1.29 is 14.4 Å². The highest BCUT2D eigenvalue weighted by Crippen LogP contribution is 2.19. The van der Waals surface area contributed by atoms with Crippen molar-refractivity contribution in [3.8, 4) is 0 Å². The van der Waals surface area contributed by atoms with E-state index in [2.05, 4.69) is 28.2 Å². The fourth-order valence-corrected chi connectivity index (χ4v) is 4.07. The molecule has 1 fully saturated rings. The van der Waals surface area contributed by atoms with E-state index >= 15 is 0 Å². The second kappa shape index (κ2) is 13.4. The molecule has 0 aromatic heterocycles. The van der Waals surface area contributed by atoms with Gasteiger partial charge in [0.05, 0.1) is 6.54 Å². The minimum Gasteiger partial charge on any atom is -0.376 e. The van der Waals surface area contributed by atoms with Crippen molar-refractivity contribution in [2.45, 2.75) is 70.8 Å². The summed E-state index contributed by atoms with van der Waals surface area (Å²) < 4.78 is 0. The predicted molar refractivity (Wildman–Crippen MR) is 137 cm³/mol. The Kier molecular flexibility index (Phi) is 9.95. The summed E-state index contributed by atoms with van der Waals surface area (Å²) in [4.78, 5) is 36.8. The Bertz CT molecular complexity index is 953. The molecule has 3 amide bonds. The minimum atomic E-state index is -0.201. The van der Waals surface area contributed by atoms with Gasteiger partial charge in [-0.2, -0.15) is 0 Å². The number of hydrogen-bond acceptors (Lipinski definition) is 4. The van der Waals surface area contributed by atoms with Crippen molar-refractivity contribution >= 4 is 34.8 Å². The lowest BCUT2D eigenvalue weighted by molar-refractivity contribution is -0.116. The van der Waals surface area contributed by atoms with Crippen molar-refractivity contribution in [1.82, 2.24) is 5.32 Å². The van der Waals surface area contributed by atoms with Crippen LogP contribution < -0.4 is 21.3 Å². The smallest absolute Gasteiger partial charge is 0.251 e. The number of anilines is 3. The maximum atomic E-state index is 12.4. The molecule has 1 aliphatic rings. The molecule has 1 aliphatic carbocycles. The van der Waals surface area contributed by atoms with Gasteiger partial charge in [-0.25, -0.2) is 0 Å². The highest BCUT2D eigenvalue weighted by Gasteiger charge is 2.16. The molecule has 0 unspecified atom stereocenters. The summed E-state index contributed by atoms with van der Waals surface area (Å²) in [6, 6.07) is 14.5. The largest absolute Gasteiger partial charge is 0.376 e. The van der Waals surface area contributed by atoms with E-state index in [0.29, 0.717) is 23.4 Å². The zero-order valence-corrected chi connectivity index (χ0v) is 20.0.